The average Bonchev–Trinajstić information content (AvgIpc) is 2.89. The minimum Gasteiger partial charge on any atom is -0.324 e. The Morgan fingerprint density at radius 3 is 2.45 bits per heavy atom. The summed E-state index contributed by atoms with van der Waals surface area (Å²) < 4.78 is 3.76. The van der Waals surface area contributed by atoms with E-state index in [1.165, 1.54) is 16.7 Å². The van der Waals surface area contributed by atoms with Gasteiger partial charge in [0, 0.05) is 30.9 Å². The predicted molar refractivity (Wildman–Crippen MR) is 137 cm³/mol. The highest BCUT2D eigenvalue weighted by Gasteiger charge is 2.32. The number of amides is 2. The lowest BCUT2D eigenvalue weighted by molar-refractivity contribution is -0.122. The lowest BCUT2D eigenvalue weighted by Gasteiger charge is -2.15. The van der Waals surface area contributed by atoms with Gasteiger partial charge in [-0.2, -0.15) is 0 Å². The monoisotopic (exact) mass is 680 g/mol. The molecule has 1 N–H and O–H groups in total. The van der Waals surface area contributed by atoms with Crippen molar-refractivity contribution in [1.29, 1.82) is 0 Å². The SMILES string of the molecule is O=C(CCN1C(=O)C(=Cc2cccc(Br)c2)SC1=S)Nc1c(Br)cc(Br)cc1Br. The van der Waals surface area contributed by atoms with Crippen molar-refractivity contribution in [2.45, 2.75) is 6.42 Å². The molecule has 29 heavy (non-hydrogen) atoms. The molecule has 150 valence electrons. The van der Waals surface area contributed by atoms with Crippen molar-refractivity contribution in [2.75, 3.05) is 11.9 Å². The highest BCUT2D eigenvalue weighted by atomic mass is 79.9. The Morgan fingerprint density at radius 2 is 1.79 bits per heavy atom. The van der Waals surface area contributed by atoms with Crippen LogP contribution in [0.5, 0.6) is 0 Å². The fourth-order valence-electron chi connectivity index (χ4n) is 2.52. The number of thiocarbonyl (C=S) groups is 1. The molecule has 3 rings (SSSR count). The number of benzene rings is 2. The van der Waals surface area contributed by atoms with E-state index in [9.17, 15) is 9.59 Å². The molecule has 1 aliphatic heterocycles. The summed E-state index contributed by atoms with van der Waals surface area (Å²) in [5.74, 6) is -0.391. The van der Waals surface area contributed by atoms with Crippen molar-refractivity contribution in [3.05, 3.63) is 64.8 Å². The van der Waals surface area contributed by atoms with E-state index >= 15 is 0 Å². The molecular formula is C19H12Br4N2O2S2. The number of nitrogens with one attached hydrogen (secondary N) is 1. The molecule has 1 fully saturated rings. The molecule has 0 atom stereocenters. The Morgan fingerprint density at radius 1 is 1.10 bits per heavy atom. The summed E-state index contributed by atoms with van der Waals surface area (Å²) in [6.07, 6.45) is 1.94. The fraction of sp³-hybridized carbons (Fsp3) is 0.105. The average molecular weight is 684 g/mol. The summed E-state index contributed by atoms with van der Waals surface area (Å²) in [6.45, 7) is 0.220. The normalized spacial score (nSPS) is 15.3. The van der Waals surface area contributed by atoms with Gasteiger partial charge in [-0.1, -0.05) is 68.0 Å². The highest BCUT2D eigenvalue weighted by Crippen LogP contribution is 2.35. The van der Waals surface area contributed by atoms with Crippen LogP contribution in [-0.4, -0.2) is 27.6 Å². The van der Waals surface area contributed by atoms with Gasteiger partial charge in [-0.05, 0) is 67.8 Å². The van der Waals surface area contributed by atoms with Crippen LogP contribution in [0.1, 0.15) is 12.0 Å². The van der Waals surface area contributed by atoms with Crippen LogP contribution in [0.4, 0.5) is 5.69 Å². The number of nitrogens with zero attached hydrogens (tertiary/aromatic N) is 1. The first-order valence-electron chi connectivity index (χ1n) is 8.20. The summed E-state index contributed by atoms with van der Waals surface area (Å²) in [5, 5.41) is 2.86. The van der Waals surface area contributed by atoms with E-state index in [-0.39, 0.29) is 24.8 Å². The molecule has 2 aromatic rings. The van der Waals surface area contributed by atoms with Gasteiger partial charge in [-0.3, -0.25) is 14.5 Å². The van der Waals surface area contributed by atoms with Gasteiger partial charge in [0.25, 0.3) is 5.91 Å². The molecule has 2 aromatic carbocycles. The molecule has 0 bridgehead atoms. The number of carbonyl (C=O) groups is 2. The summed E-state index contributed by atoms with van der Waals surface area (Å²) in [6, 6.07) is 11.3. The Balaban J connectivity index is 1.64. The Labute approximate surface area is 211 Å². The zero-order chi connectivity index (χ0) is 21.1. The van der Waals surface area contributed by atoms with Crippen LogP contribution in [0.15, 0.2) is 59.2 Å². The van der Waals surface area contributed by atoms with Gasteiger partial charge < -0.3 is 5.32 Å². The second kappa shape index (κ2) is 10.2. The van der Waals surface area contributed by atoms with Crippen molar-refractivity contribution in [2.24, 2.45) is 0 Å². The van der Waals surface area contributed by atoms with Gasteiger partial charge in [0.05, 0.1) is 10.6 Å². The van der Waals surface area contributed by atoms with Gasteiger partial charge in [0.2, 0.25) is 5.91 Å². The number of hydrogen-bond acceptors (Lipinski definition) is 4. The smallest absolute Gasteiger partial charge is 0.266 e. The van der Waals surface area contributed by atoms with Crippen LogP contribution < -0.4 is 5.32 Å². The number of rotatable bonds is 5. The first kappa shape index (κ1) is 23.1. The van der Waals surface area contributed by atoms with E-state index in [1.54, 1.807) is 6.08 Å². The number of hydrogen-bond donors (Lipinski definition) is 1. The zero-order valence-corrected chi connectivity index (χ0v) is 22.5. The van der Waals surface area contributed by atoms with E-state index in [0.29, 0.717) is 14.9 Å². The van der Waals surface area contributed by atoms with E-state index in [0.717, 1.165) is 23.5 Å². The van der Waals surface area contributed by atoms with E-state index in [1.807, 2.05) is 36.4 Å². The van der Waals surface area contributed by atoms with Gasteiger partial charge in [-0.25, -0.2) is 0 Å². The molecule has 0 radical (unpaired) electrons. The number of carbonyl (C=O) groups excluding carboxylic acids is 2. The fourth-order valence-corrected chi connectivity index (χ4v) is 6.70. The maximum atomic E-state index is 12.7. The van der Waals surface area contributed by atoms with Crippen LogP contribution in [-0.2, 0) is 9.59 Å². The Hall–Kier alpha value is -0.520. The van der Waals surface area contributed by atoms with Gasteiger partial charge in [0.15, 0.2) is 0 Å². The summed E-state index contributed by atoms with van der Waals surface area (Å²) in [7, 11) is 0. The topological polar surface area (TPSA) is 49.4 Å². The van der Waals surface area contributed by atoms with Gasteiger partial charge in [-0.15, -0.1) is 0 Å². The number of thioether (sulfide) groups is 1. The molecule has 1 aliphatic rings. The molecule has 0 unspecified atom stereocenters. The third-order valence-corrected chi connectivity index (χ3v) is 7.43. The predicted octanol–water partition coefficient (Wildman–Crippen LogP) is 6.97. The number of anilines is 1. The molecule has 1 heterocycles. The molecule has 0 saturated carbocycles. The van der Waals surface area contributed by atoms with Crippen molar-refractivity contribution in [1.82, 2.24) is 4.90 Å². The summed E-state index contributed by atoms with van der Waals surface area (Å²) >= 11 is 20.3. The minimum atomic E-state index is -0.209. The zero-order valence-electron chi connectivity index (χ0n) is 14.5. The van der Waals surface area contributed by atoms with E-state index in [2.05, 4.69) is 69.0 Å². The molecule has 4 nitrogen and oxygen atoms in total. The molecule has 2 amide bonds. The lowest BCUT2D eigenvalue weighted by atomic mass is 10.2. The highest BCUT2D eigenvalue weighted by molar-refractivity contribution is 9.11. The van der Waals surface area contributed by atoms with Crippen molar-refractivity contribution in [3.63, 3.8) is 0 Å². The van der Waals surface area contributed by atoms with Crippen LogP contribution >= 0.6 is 87.7 Å². The molecule has 1 saturated heterocycles. The second-order valence-electron chi connectivity index (χ2n) is 5.93. The van der Waals surface area contributed by atoms with Crippen LogP contribution in [0.25, 0.3) is 6.08 Å². The van der Waals surface area contributed by atoms with Gasteiger partial charge >= 0.3 is 0 Å². The summed E-state index contributed by atoms with van der Waals surface area (Å²) in [4.78, 5) is 27.1. The third-order valence-electron chi connectivity index (χ3n) is 3.85. The maximum absolute atomic E-state index is 12.7. The van der Waals surface area contributed by atoms with Crippen LogP contribution in [0.3, 0.4) is 0 Å². The number of halogens is 4. The molecule has 0 aromatic heterocycles. The largest absolute Gasteiger partial charge is 0.324 e. The quantitative estimate of drug-likeness (QED) is 0.274. The van der Waals surface area contributed by atoms with Crippen molar-refractivity contribution in [3.8, 4) is 0 Å². The standard InChI is InChI=1S/C19H12Br4N2O2S2/c20-11-3-1-2-10(6-11)7-15-18(27)25(19(28)29-15)5-4-16(26)24-17-13(22)8-12(21)9-14(17)23/h1-3,6-9H,4-5H2,(H,24,26). The second-order valence-corrected chi connectivity index (χ2v) is 11.1. The Kier molecular flexibility index (Phi) is 8.14. The Bertz CT molecular complexity index is 1020. The minimum absolute atomic E-state index is 0.131. The first-order chi connectivity index (χ1) is 13.7. The van der Waals surface area contributed by atoms with E-state index in [4.69, 9.17) is 12.2 Å². The summed E-state index contributed by atoms with van der Waals surface area (Å²) in [5.41, 5.74) is 1.54. The van der Waals surface area contributed by atoms with Crippen molar-refractivity contribution < 1.29 is 9.59 Å². The van der Waals surface area contributed by atoms with Crippen LogP contribution in [0, 0.1) is 0 Å². The molecule has 10 heteroatoms. The molecule has 0 spiro atoms. The lowest BCUT2D eigenvalue weighted by Crippen LogP contribution is -2.31. The molecular weight excluding hydrogens is 672 g/mol. The van der Waals surface area contributed by atoms with Gasteiger partial charge in [0.1, 0.15) is 4.32 Å². The third kappa shape index (κ3) is 6.01. The van der Waals surface area contributed by atoms with E-state index < -0.39 is 0 Å². The first-order valence-corrected chi connectivity index (χ1v) is 12.6. The maximum Gasteiger partial charge on any atom is 0.266 e. The van der Waals surface area contributed by atoms with Crippen LogP contribution in [0.2, 0.25) is 0 Å². The van der Waals surface area contributed by atoms with Crippen molar-refractivity contribution >= 4 is 116 Å². The molecule has 0 aliphatic carbocycles.